The molecule has 5 amide bonds. The van der Waals surface area contributed by atoms with Gasteiger partial charge in [0, 0.05) is 6.42 Å². The number of hydrogen-bond acceptors (Lipinski definition) is 7. The summed E-state index contributed by atoms with van der Waals surface area (Å²) in [6.45, 7) is 7.25. The highest BCUT2D eigenvalue weighted by molar-refractivity contribution is 5.96. The Balaban J connectivity index is 5.58. The summed E-state index contributed by atoms with van der Waals surface area (Å²) in [6, 6.07) is -4.95. The molecule has 13 nitrogen and oxygen atoms in total. The molecule has 0 aliphatic carbocycles. The molecule has 0 bridgehead atoms. The predicted molar refractivity (Wildman–Crippen MR) is 123 cm³/mol. The van der Waals surface area contributed by atoms with E-state index in [0.29, 0.717) is 6.42 Å². The van der Waals surface area contributed by atoms with E-state index in [4.69, 9.17) is 17.2 Å². The first kappa shape index (κ1) is 30.8. The maximum absolute atomic E-state index is 12.9. The van der Waals surface area contributed by atoms with E-state index >= 15 is 0 Å². The molecule has 0 radical (unpaired) electrons. The van der Waals surface area contributed by atoms with Crippen LogP contribution in [-0.4, -0.2) is 64.8 Å². The summed E-state index contributed by atoms with van der Waals surface area (Å²) in [5.41, 5.74) is 16.2. The van der Waals surface area contributed by atoms with Crippen molar-refractivity contribution in [1.29, 1.82) is 0 Å². The second kappa shape index (κ2) is 14.8. The second-order valence-electron chi connectivity index (χ2n) is 9.06. The quantitative estimate of drug-likeness (QED) is 0.129. The van der Waals surface area contributed by atoms with Crippen LogP contribution < -0.4 is 33.2 Å². The van der Waals surface area contributed by atoms with Gasteiger partial charge in [-0.25, -0.2) is 4.79 Å². The summed E-state index contributed by atoms with van der Waals surface area (Å²) in [7, 11) is 0. The van der Waals surface area contributed by atoms with Gasteiger partial charge in [0.15, 0.2) is 0 Å². The summed E-state index contributed by atoms with van der Waals surface area (Å²) in [4.78, 5) is 72.1. The lowest BCUT2D eigenvalue weighted by Gasteiger charge is -2.25. The normalized spacial score (nSPS) is 14.6. The molecule has 0 aromatic heterocycles. The zero-order chi connectivity index (χ0) is 26.6. The summed E-state index contributed by atoms with van der Waals surface area (Å²) >= 11 is 0. The number of carbonyl (C=O) groups excluding carboxylic acids is 5. The molecule has 0 saturated heterocycles. The molecule has 13 heteroatoms. The molecule has 0 fully saturated rings. The minimum absolute atomic E-state index is 0.0611. The highest BCUT2D eigenvalue weighted by atomic mass is 16.4. The van der Waals surface area contributed by atoms with Crippen LogP contribution in [0.25, 0.3) is 0 Å². The number of carboxylic acids is 1. The lowest BCUT2D eigenvalue weighted by atomic mass is 10.0. The minimum Gasteiger partial charge on any atom is -0.480 e. The third-order valence-corrected chi connectivity index (χ3v) is 4.73. The van der Waals surface area contributed by atoms with Crippen molar-refractivity contribution in [2.75, 3.05) is 0 Å². The van der Waals surface area contributed by atoms with E-state index in [1.807, 2.05) is 13.8 Å². The van der Waals surface area contributed by atoms with E-state index in [0.717, 1.165) is 0 Å². The van der Waals surface area contributed by atoms with Gasteiger partial charge in [-0.05, 0) is 31.1 Å². The molecular formula is C21H38N6O7. The first-order valence-electron chi connectivity index (χ1n) is 11.1. The van der Waals surface area contributed by atoms with E-state index in [2.05, 4.69) is 16.0 Å². The highest BCUT2D eigenvalue weighted by Gasteiger charge is 2.31. The Labute approximate surface area is 198 Å². The van der Waals surface area contributed by atoms with Crippen molar-refractivity contribution in [1.82, 2.24) is 16.0 Å². The van der Waals surface area contributed by atoms with E-state index in [1.165, 1.54) is 0 Å². The first-order chi connectivity index (χ1) is 15.6. The molecule has 0 aromatic rings. The van der Waals surface area contributed by atoms with Crippen LogP contribution in [-0.2, 0) is 28.8 Å². The Bertz CT molecular complexity index is 756. The molecule has 34 heavy (non-hydrogen) atoms. The zero-order valence-corrected chi connectivity index (χ0v) is 20.1. The van der Waals surface area contributed by atoms with Gasteiger partial charge in [0.1, 0.15) is 18.1 Å². The molecule has 4 atom stereocenters. The molecule has 0 aliphatic heterocycles. The Morgan fingerprint density at radius 1 is 0.706 bits per heavy atom. The van der Waals surface area contributed by atoms with E-state index < -0.39 is 66.1 Å². The smallest absolute Gasteiger partial charge is 0.326 e. The molecule has 0 aliphatic rings. The van der Waals surface area contributed by atoms with Crippen LogP contribution in [0.4, 0.5) is 0 Å². The maximum Gasteiger partial charge on any atom is 0.326 e. The fourth-order valence-electron chi connectivity index (χ4n) is 3.10. The van der Waals surface area contributed by atoms with Gasteiger partial charge in [-0.1, -0.05) is 27.7 Å². The lowest BCUT2D eigenvalue weighted by Crippen LogP contribution is -2.58. The van der Waals surface area contributed by atoms with Crippen LogP contribution >= 0.6 is 0 Å². The molecular weight excluding hydrogens is 448 g/mol. The van der Waals surface area contributed by atoms with Gasteiger partial charge >= 0.3 is 5.97 Å². The summed E-state index contributed by atoms with van der Waals surface area (Å²) in [6.07, 6.45) is -0.593. The van der Waals surface area contributed by atoms with Crippen molar-refractivity contribution in [2.45, 2.75) is 84.0 Å². The fraction of sp³-hybridized carbons (Fsp3) is 0.714. The van der Waals surface area contributed by atoms with Crippen LogP contribution in [0.15, 0.2) is 0 Å². The molecule has 0 spiro atoms. The van der Waals surface area contributed by atoms with Crippen LogP contribution in [0.1, 0.15) is 59.8 Å². The van der Waals surface area contributed by atoms with Crippen molar-refractivity contribution >= 4 is 35.5 Å². The minimum atomic E-state index is -1.50. The second-order valence-corrected chi connectivity index (χ2v) is 9.06. The number of nitrogens with one attached hydrogen (secondary N) is 3. The Hall–Kier alpha value is -3.22. The van der Waals surface area contributed by atoms with Crippen LogP contribution in [0.3, 0.4) is 0 Å². The zero-order valence-electron chi connectivity index (χ0n) is 20.1. The number of aliphatic carboxylic acids is 1. The standard InChI is InChI=1S/C21H38N6O7/c1-10(2)7-12(22)18(30)25-13(5-6-16(23)28)19(31)26-14(9-17(24)29)20(32)27-15(21(33)34)8-11(3)4/h10-15H,5-9,22H2,1-4H3,(H2,23,28)(H2,24,29)(H,25,30)(H,26,31)(H,27,32)(H,33,34). The van der Waals surface area contributed by atoms with Crippen molar-refractivity contribution in [3.8, 4) is 0 Å². The number of amides is 5. The Morgan fingerprint density at radius 2 is 1.18 bits per heavy atom. The van der Waals surface area contributed by atoms with Gasteiger partial charge < -0.3 is 38.3 Å². The molecule has 0 aromatic carbocycles. The predicted octanol–water partition coefficient (Wildman–Crippen LogP) is -1.91. The van der Waals surface area contributed by atoms with Gasteiger partial charge in [-0.3, -0.25) is 24.0 Å². The number of carbonyl (C=O) groups is 6. The third-order valence-electron chi connectivity index (χ3n) is 4.73. The number of nitrogens with two attached hydrogens (primary N) is 3. The summed E-state index contributed by atoms with van der Waals surface area (Å²) < 4.78 is 0. The van der Waals surface area contributed by atoms with Gasteiger partial charge in [0.25, 0.3) is 0 Å². The number of primary amides is 2. The molecule has 0 heterocycles. The van der Waals surface area contributed by atoms with Crippen molar-refractivity contribution < 1.29 is 33.9 Å². The average Bonchev–Trinajstić information content (AvgIpc) is 2.68. The number of hydrogen-bond donors (Lipinski definition) is 7. The van der Waals surface area contributed by atoms with Crippen LogP contribution in [0, 0.1) is 11.8 Å². The van der Waals surface area contributed by atoms with Gasteiger partial charge in [-0.15, -0.1) is 0 Å². The topological polar surface area (TPSA) is 237 Å². The maximum atomic E-state index is 12.9. The summed E-state index contributed by atoms with van der Waals surface area (Å²) in [5.74, 6) is -5.34. The lowest BCUT2D eigenvalue weighted by molar-refractivity contribution is -0.143. The van der Waals surface area contributed by atoms with Crippen molar-refractivity contribution in [3.05, 3.63) is 0 Å². The third kappa shape index (κ3) is 12.7. The average molecular weight is 487 g/mol. The molecule has 0 rings (SSSR count). The SMILES string of the molecule is CC(C)CC(N)C(=O)NC(CCC(N)=O)C(=O)NC(CC(N)=O)C(=O)NC(CC(C)C)C(=O)O. The Morgan fingerprint density at radius 3 is 1.62 bits per heavy atom. The highest BCUT2D eigenvalue weighted by Crippen LogP contribution is 2.08. The van der Waals surface area contributed by atoms with E-state index in [-0.39, 0.29) is 31.1 Å². The van der Waals surface area contributed by atoms with Gasteiger partial charge in [0.2, 0.25) is 29.5 Å². The Kier molecular flexibility index (Phi) is 13.4. The summed E-state index contributed by atoms with van der Waals surface area (Å²) in [5, 5.41) is 16.4. The first-order valence-corrected chi connectivity index (χ1v) is 11.1. The van der Waals surface area contributed by atoms with Gasteiger partial charge in [0.05, 0.1) is 12.5 Å². The van der Waals surface area contributed by atoms with Crippen LogP contribution in [0.5, 0.6) is 0 Å². The van der Waals surface area contributed by atoms with Gasteiger partial charge in [-0.2, -0.15) is 0 Å². The largest absolute Gasteiger partial charge is 0.480 e. The van der Waals surface area contributed by atoms with Crippen molar-refractivity contribution in [3.63, 3.8) is 0 Å². The fourth-order valence-corrected chi connectivity index (χ4v) is 3.10. The van der Waals surface area contributed by atoms with E-state index in [1.54, 1.807) is 13.8 Å². The molecule has 4 unspecified atom stereocenters. The monoisotopic (exact) mass is 486 g/mol. The number of carboxylic acid groups (broad SMARTS) is 1. The van der Waals surface area contributed by atoms with Crippen LogP contribution in [0.2, 0.25) is 0 Å². The number of rotatable bonds is 16. The van der Waals surface area contributed by atoms with E-state index in [9.17, 15) is 33.9 Å². The molecule has 194 valence electrons. The molecule has 10 N–H and O–H groups in total. The molecule has 0 saturated carbocycles. The van der Waals surface area contributed by atoms with Crippen molar-refractivity contribution in [2.24, 2.45) is 29.0 Å².